The Balaban J connectivity index is 2.53. The molecule has 0 fully saturated rings. The van der Waals surface area contributed by atoms with Gasteiger partial charge < -0.3 is 29.7 Å². The van der Waals surface area contributed by atoms with Gasteiger partial charge in [0.15, 0.2) is 5.96 Å². The summed E-state index contributed by atoms with van der Waals surface area (Å²) in [5.41, 5.74) is 0.501. The van der Waals surface area contributed by atoms with Crippen molar-refractivity contribution in [1.82, 2.24) is 15.5 Å². The molecule has 0 unspecified atom stereocenters. The van der Waals surface area contributed by atoms with Crippen molar-refractivity contribution in [2.24, 2.45) is 4.99 Å². The zero-order valence-corrected chi connectivity index (χ0v) is 17.4. The number of hydrogen-bond donors (Lipinski definition) is 2. The third-order valence-electron chi connectivity index (χ3n) is 3.55. The summed E-state index contributed by atoms with van der Waals surface area (Å²) in [4.78, 5) is 17.9. The highest BCUT2D eigenvalue weighted by Crippen LogP contribution is 2.25. The van der Waals surface area contributed by atoms with E-state index in [1.54, 1.807) is 21.3 Å². The van der Waals surface area contributed by atoms with Crippen molar-refractivity contribution in [3.63, 3.8) is 0 Å². The fraction of sp³-hybridized carbons (Fsp3) is 0.579. The number of rotatable bonds is 7. The monoisotopic (exact) mass is 380 g/mol. The molecule has 0 saturated carbocycles. The second-order valence-electron chi connectivity index (χ2n) is 6.94. The summed E-state index contributed by atoms with van der Waals surface area (Å²) >= 11 is 0. The molecule has 2 N–H and O–H groups in total. The largest absolute Gasteiger partial charge is 0.497 e. The number of carbonyl (C=O) groups excluding carboxylic acids is 1. The molecule has 0 aromatic heterocycles. The summed E-state index contributed by atoms with van der Waals surface area (Å²) in [5, 5.41) is 5.91. The SMILES string of the molecule is CN=C(NCCNC(=O)OC(C)(C)C)N(C)Cc1ccc(OC)cc1OC. The van der Waals surface area contributed by atoms with Gasteiger partial charge in [0.2, 0.25) is 0 Å². The van der Waals surface area contributed by atoms with Gasteiger partial charge in [-0.1, -0.05) is 0 Å². The first-order valence-corrected chi connectivity index (χ1v) is 8.79. The minimum Gasteiger partial charge on any atom is -0.497 e. The maximum atomic E-state index is 11.6. The lowest BCUT2D eigenvalue weighted by Gasteiger charge is -2.23. The average Bonchev–Trinajstić information content (AvgIpc) is 2.60. The summed E-state index contributed by atoms with van der Waals surface area (Å²) < 4.78 is 15.9. The van der Waals surface area contributed by atoms with Gasteiger partial charge in [0.05, 0.1) is 14.2 Å². The second kappa shape index (κ2) is 10.5. The van der Waals surface area contributed by atoms with Gasteiger partial charge in [-0.15, -0.1) is 0 Å². The number of aliphatic imine (C=N–C) groups is 1. The number of guanidine groups is 1. The molecule has 0 aliphatic heterocycles. The Kier molecular flexibility index (Phi) is 8.71. The molecular weight excluding hydrogens is 348 g/mol. The number of amides is 1. The van der Waals surface area contributed by atoms with Crippen LogP contribution in [0.25, 0.3) is 0 Å². The van der Waals surface area contributed by atoms with E-state index in [0.29, 0.717) is 25.6 Å². The molecule has 152 valence electrons. The molecule has 0 spiro atoms. The van der Waals surface area contributed by atoms with Crippen molar-refractivity contribution in [2.75, 3.05) is 41.4 Å². The standard InChI is InChI=1S/C19H32N4O4/c1-19(2,3)27-18(24)22-11-10-21-17(20-4)23(5)13-14-8-9-15(25-6)12-16(14)26-7/h8-9,12H,10-11,13H2,1-7H3,(H,20,21)(H,22,24). The van der Waals surface area contributed by atoms with E-state index >= 15 is 0 Å². The Morgan fingerprint density at radius 1 is 1.15 bits per heavy atom. The number of benzene rings is 1. The Morgan fingerprint density at radius 3 is 2.37 bits per heavy atom. The molecule has 0 heterocycles. The van der Waals surface area contributed by atoms with Crippen LogP contribution in [0.5, 0.6) is 11.5 Å². The first kappa shape index (κ1) is 22.4. The van der Waals surface area contributed by atoms with Gasteiger partial charge >= 0.3 is 6.09 Å². The Hall–Kier alpha value is -2.64. The molecule has 0 saturated heterocycles. The number of nitrogens with zero attached hydrogens (tertiary/aromatic N) is 2. The minimum atomic E-state index is -0.509. The average molecular weight is 380 g/mol. The Bertz CT molecular complexity index is 641. The number of hydrogen-bond acceptors (Lipinski definition) is 5. The molecular formula is C19H32N4O4. The maximum absolute atomic E-state index is 11.6. The number of methoxy groups -OCH3 is 2. The maximum Gasteiger partial charge on any atom is 0.407 e. The molecule has 27 heavy (non-hydrogen) atoms. The fourth-order valence-corrected chi connectivity index (χ4v) is 2.35. The van der Waals surface area contributed by atoms with Gasteiger partial charge in [0, 0.05) is 45.4 Å². The van der Waals surface area contributed by atoms with Crippen LogP contribution in [0.4, 0.5) is 4.79 Å². The van der Waals surface area contributed by atoms with Gasteiger partial charge in [-0.3, -0.25) is 4.99 Å². The van der Waals surface area contributed by atoms with Gasteiger partial charge in [-0.25, -0.2) is 4.79 Å². The zero-order valence-electron chi connectivity index (χ0n) is 17.4. The van der Waals surface area contributed by atoms with E-state index in [1.807, 2.05) is 50.9 Å². The molecule has 1 aromatic carbocycles. The van der Waals surface area contributed by atoms with Gasteiger partial charge in [0.25, 0.3) is 0 Å². The van der Waals surface area contributed by atoms with Crippen LogP contribution in [-0.2, 0) is 11.3 Å². The van der Waals surface area contributed by atoms with Gasteiger partial charge in [0.1, 0.15) is 17.1 Å². The molecule has 1 aromatic rings. The lowest BCUT2D eigenvalue weighted by Crippen LogP contribution is -2.43. The zero-order chi connectivity index (χ0) is 20.4. The van der Waals surface area contributed by atoms with Crippen molar-refractivity contribution in [3.05, 3.63) is 23.8 Å². The summed E-state index contributed by atoms with van der Waals surface area (Å²) in [6.07, 6.45) is -0.435. The number of carbonyl (C=O) groups is 1. The third kappa shape index (κ3) is 8.06. The summed E-state index contributed by atoms with van der Waals surface area (Å²) in [6, 6.07) is 5.71. The van der Waals surface area contributed by atoms with Crippen LogP contribution >= 0.6 is 0 Å². The highest BCUT2D eigenvalue weighted by atomic mass is 16.6. The van der Waals surface area contributed by atoms with Crippen LogP contribution < -0.4 is 20.1 Å². The fourth-order valence-electron chi connectivity index (χ4n) is 2.35. The van der Waals surface area contributed by atoms with Crippen molar-refractivity contribution in [3.8, 4) is 11.5 Å². The third-order valence-corrected chi connectivity index (χ3v) is 3.55. The molecule has 1 amide bonds. The molecule has 0 bridgehead atoms. The summed E-state index contributed by atoms with van der Waals surface area (Å²) in [6.45, 7) is 7.04. The number of nitrogens with one attached hydrogen (secondary N) is 2. The smallest absolute Gasteiger partial charge is 0.407 e. The molecule has 0 aliphatic carbocycles. The van der Waals surface area contributed by atoms with E-state index in [0.717, 1.165) is 17.1 Å². The van der Waals surface area contributed by atoms with E-state index in [1.165, 1.54) is 0 Å². The lowest BCUT2D eigenvalue weighted by molar-refractivity contribution is 0.0529. The van der Waals surface area contributed by atoms with Crippen LogP contribution in [0.1, 0.15) is 26.3 Å². The van der Waals surface area contributed by atoms with Crippen molar-refractivity contribution in [2.45, 2.75) is 32.9 Å². The molecule has 1 rings (SSSR count). The minimum absolute atomic E-state index is 0.424. The van der Waals surface area contributed by atoms with Gasteiger partial charge in [-0.2, -0.15) is 0 Å². The normalized spacial score (nSPS) is 11.6. The molecule has 0 radical (unpaired) electrons. The molecule has 8 heteroatoms. The van der Waals surface area contributed by atoms with Crippen LogP contribution in [0.3, 0.4) is 0 Å². The predicted octanol–water partition coefficient (Wildman–Crippen LogP) is 2.24. The summed E-state index contributed by atoms with van der Waals surface area (Å²) in [5.74, 6) is 2.20. The lowest BCUT2D eigenvalue weighted by atomic mass is 10.2. The van der Waals surface area contributed by atoms with E-state index in [-0.39, 0.29) is 0 Å². The van der Waals surface area contributed by atoms with Crippen molar-refractivity contribution in [1.29, 1.82) is 0 Å². The number of ether oxygens (including phenoxy) is 3. The van der Waals surface area contributed by atoms with E-state index < -0.39 is 11.7 Å². The highest BCUT2D eigenvalue weighted by molar-refractivity contribution is 5.79. The predicted molar refractivity (Wildman–Crippen MR) is 107 cm³/mol. The van der Waals surface area contributed by atoms with Gasteiger partial charge in [-0.05, 0) is 32.9 Å². The molecule has 0 aliphatic rings. The Labute approximate surface area is 161 Å². The van der Waals surface area contributed by atoms with E-state index in [4.69, 9.17) is 14.2 Å². The molecule has 0 atom stereocenters. The first-order valence-electron chi connectivity index (χ1n) is 8.79. The second-order valence-corrected chi connectivity index (χ2v) is 6.94. The first-order chi connectivity index (χ1) is 12.7. The summed E-state index contributed by atoms with van der Waals surface area (Å²) in [7, 11) is 6.90. The highest BCUT2D eigenvalue weighted by Gasteiger charge is 2.16. The Morgan fingerprint density at radius 2 is 1.81 bits per heavy atom. The van der Waals surface area contributed by atoms with Crippen LogP contribution in [0.2, 0.25) is 0 Å². The van der Waals surface area contributed by atoms with Crippen LogP contribution in [0.15, 0.2) is 23.2 Å². The topological polar surface area (TPSA) is 84.4 Å². The van der Waals surface area contributed by atoms with Crippen molar-refractivity contribution < 1.29 is 19.0 Å². The van der Waals surface area contributed by atoms with E-state index in [2.05, 4.69) is 15.6 Å². The quantitative estimate of drug-likeness (QED) is 0.429. The van der Waals surface area contributed by atoms with Crippen LogP contribution in [-0.4, -0.2) is 64.0 Å². The molecule has 8 nitrogen and oxygen atoms in total. The van der Waals surface area contributed by atoms with Crippen LogP contribution in [0, 0.1) is 0 Å². The number of alkyl carbamates (subject to hydrolysis) is 1. The van der Waals surface area contributed by atoms with E-state index in [9.17, 15) is 4.79 Å². The van der Waals surface area contributed by atoms with Crippen molar-refractivity contribution >= 4 is 12.1 Å².